The molecule has 0 aliphatic heterocycles. The summed E-state index contributed by atoms with van der Waals surface area (Å²) >= 11 is 5.06. The van der Waals surface area contributed by atoms with Crippen LogP contribution in [0.1, 0.15) is 58.9 Å². The standard InChI is InChI=1S/C22H24N4O3S/c1-13(2)14-3-5-16(6-4-14)20(28)24-22(30)26-25-21(29)17-9-11-18(12-10-17)23-19(27)15-7-8-15/h3-6,9-13,15H,7-8H2,1-2H3,(H,23,27)(H,25,29)(H2,24,26,28,30). The summed E-state index contributed by atoms with van der Waals surface area (Å²) in [5.41, 5.74) is 7.58. The van der Waals surface area contributed by atoms with Gasteiger partial charge in [-0.1, -0.05) is 26.0 Å². The molecule has 0 saturated heterocycles. The molecular weight excluding hydrogens is 400 g/mol. The van der Waals surface area contributed by atoms with Crippen LogP contribution < -0.4 is 21.5 Å². The number of carbonyl (C=O) groups excluding carboxylic acids is 3. The number of hydrogen-bond acceptors (Lipinski definition) is 4. The van der Waals surface area contributed by atoms with E-state index in [-0.39, 0.29) is 22.8 Å². The SMILES string of the molecule is CC(C)c1ccc(C(=O)NC(=S)NNC(=O)c2ccc(NC(=O)C3CC3)cc2)cc1. The minimum absolute atomic E-state index is 0.00815. The zero-order valence-corrected chi connectivity index (χ0v) is 17.6. The van der Waals surface area contributed by atoms with Crippen LogP contribution in [0.15, 0.2) is 48.5 Å². The number of anilines is 1. The summed E-state index contributed by atoms with van der Waals surface area (Å²) in [5.74, 6) is -0.292. The van der Waals surface area contributed by atoms with Crippen LogP contribution in [0.4, 0.5) is 5.69 Å². The minimum Gasteiger partial charge on any atom is -0.326 e. The van der Waals surface area contributed by atoms with Crippen molar-refractivity contribution in [2.45, 2.75) is 32.6 Å². The van der Waals surface area contributed by atoms with Crippen LogP contribution >= 0.6 is 12.2 Å². The van der Waals surface area contributed by atoms with Gasteiger partial charge in [-0.05, 0) is 72.9 Å². The van der Waals surface area contributed by atoms with Crippen LogP contribution in [0, 0.1) is 5.92 Å². The molecule has 1 aliphatic carbocycles. The Kier molecular flexibility index (Phi) is 6.79. The average molecular weight is 425 g/mol. The van der Waals surface area contributed by atoms with Gasteiger partial charge in [-0.15, -0.1) is 0 Å². The molecule has 2 aromatic rings. The van der Waals surface area contributed by atoms with Crippen LogP contribution in [-0.4, -0.2) is 22.8 Å². The van der Waals surface area contributed by atoms with Gasteiger partial charge in [0.1, 0.15) is 0 Å². The van der Waals surface area contributed by atoms with Crippen LogP contribution in [0.5, 0.6) is 0 Å². The number of hydrogen-bond donors (Lipinski definition) is 4. The zero-order valence-electron chi connectivity index (χ0n) is 16.8. The maximum Gasteiger partial charge on any atom is 0.269 e. The van der Waals surface area contributed by atoms with Gasteiger partial charge in [0.25, 0.3) is 11.8 Å². The average Bonchev–Trinajstić information content (AvgIpc) is 3.58. The molecule has 8 heteroatoms. The van der Waals surface area contributed by atoms with Crippen molar-refractivity contribution >= 4 is 40.7 Å². The fourth-order valence-electron chi connectivity index (χ4n) is 2.71. The Morgan fingerprint density at radius 3 is 2.00 bits per heavy atom. The molecule has 7 nitrogen and oxygen atoms in total. The molecule has 0 bridgehead atoms. The molecule has 1 aliphatic rings. The van der Waals surface area contributed by atoms with Gasteiger partial charge in [-0.2, -0.15) is 0 Å². The van der Waals surface area contributed by atoms with E-state index in [2.05, 4.69) is 35.3 Å². The van der Waals surface area contributed by atoms with Crippen LogP contribution in [-0.2, 0) is 4.79 Å². The first-order valence-electron chi connectivity index (χ1n) is 9.76. The first-order chi connectivity index (χ1) is 14.3. The molecule has 4 N–H and O–H groups in total. The van der Waals surface area contributed by atoms with Crippen molar-refractivity contribution in [2.75, 3.05) is 5.32 Å². The molecule has 1 saturated carbocycles. The molecule has 2 aromatic carbocycles. The van der Waals surface area contributed by atoms with Gasteiger partial charge in [-0.25, -0.2) is 0 Å². The third-order valence-electron chi connectivity index (χ3n) is 4.72. The molecular formula is C22H24N4O3S. The topological polar surface area (TPSA) is 99.3 Å². The Hall–Kier alpha value is -3.26. The van der Waals surface area contributed by atoms with Gasteiger partial charge in [0.2, 0.25) is 5.91 Å². The predicted molar refractivity (Wildman–Crippen MR) is 119 cm³/mol. The summed E-state index contributed by atoms with van der Waals surface area (Å²) < 4.78 is 0. The fourth-order valence-corrected chi connectivity index (χ4v) is 2.85. The van der Waals surface area contributed by atoms with Crippen molar-refractivity contribution in [1.82, 2.24) is 16.2 Å². The van der Waals surface area contributed by atoms with Gasteiger partial charge >= 0.3 is 0 Å². The third-order valence-corrected chi connectivity index (χ3v) is 4.92. The van der Waals surface area contributed by atoms with Crippen LogP contribution in [0.3, 0.4) is 0 Å². The molecule has 0 atom stereocenters. The lowest BCUT2D eigenvalue weighted by Gasteiger charge is -2.12. The maximum atomic E-state index is 12.2. The Balaban J connectivity index is 1.46. The minimum atomic E-state index is -0.423. The lowest BCUT2D eigenvalue weighted by molar-refractivity contribution is -0.117. The molecule has 156 valence electrons. The van der Waals surface area contributed by atoms with Crippen molar-refractivity contribution < 1.29 is 14.4 Å². The molecule has 30 heavy (non-hydrogen) atoms. The monoisotopic (exact) mass is 424 g/mol. The highest BCUT2D eigenvalue weighted by Gasteiger charge is 2.29. The molecule has 3 rings (SSSR count). The normalized spacial score (nSPS) is 12.8. The molecule has 0 aromatic heterocycles. The predicted octanol–water partition coefficient (Wildman–Crippen LogP) is 3.11. The first kappa shape index (κ1) is 21.4. The van der Waals surface area contributed by atoms with Crippen molar-refractivity contribution in [2.24, 2.45) is 5.92 Å². The van der Waals surface area contributed by atoms with Gasteiger partial charge in [0.05, 0.1) is 0 Å². The van der Waals surface area contributed by atoms with E-state index >= 15 is 0 Å². The molecule has 1 fully saturated rings. The van der Waals surface area contributed by atoms with E-state index in [1.54, 1.807) is 36.4 Å². The number of rotatable bonds is 5. The highest BCUT2D eigenvalue weighted by Crippen LogP contribution is 2.30. The summed E-state index contributed by atoms with van der Waals surface area (Å²) in [6.07, 6.45) is 1.86. The second kappa shape index (κ2) is 9.49. The molecule has 0 heterocycles. The van der Waals surface area contributed by atoms with Crippen LogP contribution in [0.2, 0.25) is 0 Å². The number of carbonyl (C=O) groups is 3. The molecule has 0 unspecified atom stereocenters. The highest BCUT2D eigenvalue weighted by molar-refractivity contribution is 7.80. The van der Waals surface area contributed by atoms with E-state index < -0.39 is 5.91 Å². The Morgan fingerprint density at radius 2 is 1.43 bits per heavy atom. The van der Waals surface area contributed by atoms with Crippen molar-refractivity contribution in [3.05, 3.63) is 65.2 Å². The highest BCUT2D eigenvalue weighted by atomic mass is 32.1. The van der Waals surface area contributed by atoms with E-state index in [0.29, 0.717) is 22.7 Å². The van der Waals surface area contributed by atoms with Gasteiger partial charge in [-0.3, -0.25) is 30.6 Å². The van der Waals surface area contributed by atoms with E-state index in [4.69, 9.17) is 12.2 Å². The number of hydrazine groups is 1. The summed E-state index contributed by atoms with van der Waals surface area (Å²) in [7, 11) is 0. The Bertz CT molecular complexity index is 951. The quantitative estimate of drug-likeness (QED) is 0.437. The number of benzene rings is 2. The summed E-state index contributed by atoms with van der Waals surface area (Å²) in [6.45, 7) is 4.16. The zero-order chi connectivity index (χ0) is 21.7. The second-order valence-electron chi connectivity index (χ2n) is 7.48. The van der Waals surface area contributed by atoms with E-state index in [1.807, 2.05) is 12.1 Å². The van der Waals surface area contributed by atoms with Gasteiger partial charge < -0.3 is 5.32 Å². The summed E-state index contributed by atoms with van der Waals surface area (Å²) in [5, 5.41) is 5.31. The molecule has 0 radical (unpaired) electrons. The van der Waals surface area contributed by atoms with Gasteiger partial charge in [0.15, 0.2) is 5.11 Å². The third kappa shape index (κ3) is 5.87. The van der Waals surface area contributed by atoms with Crippen LogP contribution in [0.25, 0.3) is 0 Å². The molecule has 0 spiro atoms. The van der Waals surface area contributed by atoms with E-state index in [1.165, 1.54) is 0 Å². The summed E-state index contributed by atoms with van der Waals surface area (Å²) in [4.78, 5) is 36.2. The molecule has 3 amide bonds. The number of nitrogens with one attached hydrogen (secondary N) is 4. The smallest absolute Gasteiger partial charge is 0.269 e. The largest absolute Gasteiger partial charge is 0.326 e. The maximum absolute atomic E-state index is 12.2. The Labute approximate surface area is 180 Å². The number of amides is 3. The summed E-state index contributed by atoms with van der Waals surface area (Å²) in [6, 6.07) is 13.8. The van der Waals surface area contributed by atoms with Crippen molar-refractivity contribution in [3.8, 4) is 0 Å². The van der Waals surface area contributed by atoms with Crippen molar-refractivity contribution in [3.63, 3.8) is 0 Å². The van der Waals surface area contributed by atoms with Crippen molar-refractivity contribution in [1.29, 1.82) is 0 Å². The Morgan fingerprint density at radius 1 is 0.867 bits per heavy atom. The second-order valence-corrected chi connectivity index (χ2v) is 7.89. The van der Waals surface area contributed by atoms with Gasteiger partial charge in [0, 0.05) is 22.7 Å². The lowest BCUT2D eigenvalue weighted by atomic mass is 10.0. The lowest BCUT2D eigenvalue weighted by Crippen LogP contribution is -2.48. The first-order valence-corrected chi connectivity index (χ1v) is 10.2. The fraction of sp³-hybridized carbons (Fsp3) is 0.273. The van der Waals surface area contributed by atoms with E-state index in [9.17, 15) is 14.4 Å². The number of thiocarbonyl (C=S) groups is 1. The van der Waals surface area contributed by atoms with E-state index in [0.717, 1.165) is 18.4 Å².